The highest BCUT2D eigenvalue weighted by atomic mass is 35.5. The van der Waals surface area contributed by atoms with E-state index in [9.17, 15) is 0 Å². The molecule has 1 nitrogen and oxygen atoms in total. The van der Waals surface area contributed by atoms with Gasteiger partial charge < -0.3 is 4.90 Å². The van der Waals surface area contributed by atoms with Gasteiger partial charge in [0.15, 0.2) is 0 Å². The van der Waals surface area contributed by atoms with Crippen LogP contribution in [0.4, 0.5) is 17.1 Å². The quantitative estimate of drug-likeness (QED) is 0.186. The minimum Gasteiger partial charge on any atom is -0.310 e. The van der Waals surface area contributed by atoms with Crippen molar-refractivity contribution in [3.63, 3.8) is 0 Å². The van der Waals surface area contributed by atoms with Crippen molar-refractivity contribution in [1.82, 2.24) is 0 Å². The highest BCUT2D eigenvalue weighted by Gasteiger charge is 2.50. The molecular formula is C43H26ClNS2. The first kappa shape index (κ1) is 27.3. The second-order valence-corrected chi connectivity index (χ2v) is 14.8. The van der Waals surface area contributed by atoms with Crippen molar-refractivity contribution in [2.45, 2.75) is 15.2 Å². The van der Waals surface area contributed by atoms with Crippen LogP contribution < -0.4 is 4.90 Å². The molecule has 2 aliphatic rings. The third kappa shape index (κ3) is 3.91. The van der Waals surface area contributed by atoms with E-state index in [1.165, 1.54) is 63.3 Å². The molecule has 7 aromatic carbocycles. The fraction of sp³-hybridized carbons (Fsp3) is 0.0233. The van der Waals surface area contributed by atoms with Gasteiger partial charge in [-0.05, 0) is 106 Å². The summed E-state index contributed by atoms with van der Waals surface area (Å²) in [6.45, 7) is 0. The minimum absolute atomic E-state index is 0.464. The van der Waals surface area contributed by atoms with Crippen LogP contribution in [0.5, 0.6) is 0 Å². The third-order valence-electron chi connectivity index (χ3n) is 9.76. The second kappa shape index (κ2) is 10.4. The summed E-state index contributed by atoms with van der Waals surface area (Å²) in [7, 11) is 0. The molecule has 0 radical (unpaired) electrons. The number of hydrogen-bond donors (Lipinski definition) is 0. The summed E-state index contributed by atoms with van der Waals surface area (Å²) in [5, 5.41) is 3.33. The third-order valence-corrected chi connectivity index (χ3v) is 12.3. The topological polar surface area (TPSA) is 3.24 Å². The van der Waals surface area contributed by atoms with Gasteiger partial charge in [0, 0.05) is 52.0 Å². The number of thiophene rings is 1. The Labute approximate surface area is 286 Å². The summed E-state index contributed by atoms with van der Waals surface area (Å²) in [6, 6.07) is 57.5. The molecule has 222 valence electrons. The molecule has 0 atom stereocenters. The van der Waals surface area contributed by atoms with E-state index in [2.05, 4.69) is 157 Å². The number of para-hydroxylation sites is 2. The summed E-state index contributed by atoms with van der Waals surface area (Å²) in [4.78, 5) is 4.92. The lowest BCUT2D eigenvalue weighted by Crippen LogP contribution is -2.32. The van der Waals surface area contributed by atoms with Gasteiger partial charge in [0.1, 0.15) is 0 Å². The number of nitrogens with zero attached hydrogens (tertiary/aromatic N) is 1. The highest BCUT2D eigenvalue weighted by Crippen LogP contribution is 2.63. The normalized spacial score (nSPS) is 13.7. The van der Waals surface area contributed by atoms with E-state index in [1.807, 2.05) is 29.2 Å². The molecule has 1 aliphatic carbocycles. The SMILES string of the molecule is Clc1ccc2c(c1)C1(c3cc4c(cc3S2)sc2ccc(N(c3ccccc3)c3ccccc3)cc24)c2ccccc2-c2ccccc21. The molecule has 8 aromatic rings. The van der Waals surface area contributed by atoms with Crippen LogP contribution in [0.2, 0.25) is 5.02 Å². The number of benzene rings is 7. The molecule has 0 saturated heterocycles. The van der Waals surface area contributed by atoms with Crippen LogP contribution in [0.3, 0.4) is 0 Å². The van der Waals surface area contributed by atoms with Gasteiger partial charge in [-0.2, -0.15) is 0 Å². The van der Waals surface area contributed by atoms with Gasteiger partial charge in [0.25, 0.3) is 0 Å². The lowest BCUT2D eigenvalue weighted by molar-refractivity contribution is 0.724. The molecule has 0 unspecified atom stereocenters. The molecule has 1 aliphatic heterocycles. The zero-order chi connectivity index (χ0) is 31.1. The molecule has 0 N–H and O–H groups in total. The maximum Gasteiger partial charge on any atom is 0.0736 e. The van der Waals surface area contributed by atoms with Gasteiger partial charge in [-0.15, -0.1) is 11.3 Å². The molecule has 0 amide bonds. The zero-order valence-corrected chi connectivity index (χ0v) is 27.5. The smallest absolute Gasteiger partial charge is 0.0736 e. The van der Waals surface area contributed by atoms with Crippen molar-refractivity contribution in [3.8, 4) is 11.1 Å². The molecule has 1 aromatic heterocycles. The largest absolute Gasteiger partial charge is 0.310 e. The number of halogens is 1. The molecule has 1 spiro atoms. The predicted molar refractivity (Wildman–Crippen MR) is 200 cm³/mol. The lowest BCUT2D eigenvalue weighted by atomic mass is 9.67. The standard InChI is InChI=1S/C43H26ClNS2/c44-27-19-21-40-37(23-27)43(35-17-9-7-15-31(35)32-16-8-10-18-36(32)43)38-25-34-33-24-30(20-22-39(33)46-41(34)26-42(38)47-40)45(28-11-3-1-4-12-28)29-13-5-2-6-14-29/h1-26H. The maximum absolute atomic E-state index is 6.81. The van der Waals surface area contributed by atoms with Crippen LogP contribution >= 0.6 is 34.7 Å². The fourth-order valence-electron chi connectivity index (χ4n) is 7.87. The first-order chi connectivity index (χ1) is 23.2. The number of hydrogen-bond acceptors (Lipinski definition) is 3. The van der Waals surface area contributed by atoms with E-state index >= 15 is 0 Å². The lowest BCUT2D eigenvalue weighted by Gasteiger charge is -2.39. The summed E-state index contributed by atoms with van der Waals surface area (Å²) in [5.41, 5.74) is 10.8. The average molecular weight is 656 g/mol. The monoisotopic (exact) mass is 655 g/mol. The van der Waals surface area contributed by atoms with E-state index in [-0.39, 0.29) is 0 Å². The number of fused-ring (bicyclic) bond motifs is 12. The Morgan fingerprint density at radius 2 is 1.04 bits per heavy atom. The fourth-order valence-corrected chi connectivity index (χ4v) is 10.4. The Bertz CT molecular complexity index is 2430. The van der Waals surface area contributed by atoms with Crippen LogP contribution in [-0.2, 0) is 5.41 Å². The van der Waals surface area contributed by atoms with Crippen molar-refractivity contribution < 1.29 is 0 Å². The summed E-state index contributed by atoms with van der Waals surface area (Å²) in [5.74, 6) is 0. The molecular weight excluding hydrogens is 630 g/mol. The van der Waals surface area contributed by atoms with Gasteiger partial charge in [0.2, 0.25) is 0 Å². The van der Waals surface area contributed by atoms with Gasteiger partial charge >= 0.3 is 0 Å². The summed E-state index contributed by atoms with van der Waals surface area (Å²) >= 11 is 10.6. The van der Waals surface area contributed by atoms with E-state index < -0.39 is 5.41 Å². The van der Waals surface area contributed by atoms with Crippen LogP contribution in [0.15, 0.2) is 168 Å². The summed E-state index contributed by atoms with van der Waals surface area (Å²) in [6.07, 6.45) is 0. The Hall–Kier alpha value is -4.80. The second-order valence-electron chi connectivity index (χ2n) is 12.2. The van der Waals surface area contributed by atoms with Gasteiger partial charge in [-0.3, -0.25) is 0 Å². The molecule has 4 heteroatoms. The highest BCUT2D eigenvalue weighted by molar-refractivity contribution is 7.99. The molecule has 2 heterocycles. The van der Waals surface area contributed by atoms with E-state index in [0.717, 1.165) is 22.1 Å². The molecule has 0 bridgehead atoms. The molecule has 47 heavy (non-hydrogen) atoms. The van der Waals surface area contributed by atoms with Crippen molar-refractivity contribution in [3.05, 3.63) is 185 Å². The Kier molecular flexibility index (Phi) is 6.02. The van der Waals surface area contributed by atoms with Crippen molar-refractivity contribution in [2.24, 2.45) is 0 Å². The molecule has 0 saturated carbocycles. The van der Waals surface area contributed by atoms with Crippen LogP contribution in [-0.4, -0.2) is 0 Å². The summed E-state index contributed by atoms with van der Waals surface area (Å²) < 4.78 is 2.60. The van der Waals surface area contributed by atoms with Crippen LogP contribution in [0.1, 0.15) is 22.3 Å². The zero-order valence-electron chi connectivity index (χ0n) is 25.2. The van der Waals surface area contributed by atoms with E-state index in [0.29, 0.717) is 0 Å². The van der Waals surface area contributed by atoms with Gasteiger partial charge in [-0.1, -0.05) is 108 Å². The van der Waals surface area contributed by atoms with E-state index in [1.54, 1.807) is 0 Å². The van der Waals surface area contributed by atoms with Crippen molar-refractivity contribution in [2.75, 3.05) is 4.90 Å². The Balaban J connectivity index is 1.27. The first-order valence-electron chi connectivity index (χ1n) is 15.8. The van der Waals surface area contributed by atoms with E-state index in [4.69, 9.17) is 11.6 Å². The first-order valence-corrected chi connectivity index (χ1v) is 17.8. The Morgan fingerprint density at radius 3 is 1.72 bits per heavy atom. The number of rotatable bonds is 3. The minimum atomic E-state index is -0.464. The molecule has 0 fully saturated rings. The van der Waals surface area contributed by atoms with Crippen LogP contribution in [0.25, 0.3) is 31.3 Å². The number of anilines is 3. The Morgan fingerprint density at radius 1 is 0.447 bits per heavy atom. The molecule has 10 rings (SSSR count). The van der Waals surface area contributed by atoms with Crippen molar-refractivity contribution in [1.29, 1.82) is 0 Å². The predicted octanol–water partition coefficient (Wildman–Crippen LogP) is 13.0. The van der Waals surface area contributed by atoms with Gasteiger partial charge in [-0.25, -0.2) is 0 Å². The van der Waals surface area contributed by atoms with Crippen molar-refractivity contribution >= 4 is 71.9 Å². The maximum atomic E-state index is 6.81. The average Bonchev–Trinajstić information content (AvgIpc) is 3.62. The van der Waals surface area contributed by atoms with Gasteiger partial charge in [0.05, 0.1) is 5.41 Å². The van der Waals surface area contributed by atoms with Crippen LogP contribution in [0, 0.1) is 0 Å².